The number of benzene rings is 1. The summed E-state index contributed by atoms with van der Waals surface area (Å²) in [5, 5.41) is -0.146. The molecule has 1 nitrogen and oxygen atoms in total. The molecular formula is C16H11ClF7N. The van der Waals surface area contributed by atoms with Gasteiger partial charge in [0.2, 0.25) is 0 Å². The van der Waals surface area contributed by atoms with Crippen molar-refractivity contribution in [2.45, 2.75) is 31.9 Å². The van der Waals surface area contributed by atoms with E-state index in [4.69, 9.17) is 11.6 Å². The van der Waals surface area contributed by atoms with Gasteiger partial charge >= 0.3 is 18.0 Å². The molecule has 136 valence electrons. The van der Waals surface area contributed by atoms with Gasteiger partial charge in [-0.15, -0.1) is 0 Å². The summed E-state index contributed by atoms with van der Waals surface area (Å²) in [6.07, 6.45) is -11.3. The van der Waals surface area contributed by atoms with Gasteiger partial charge in [0.25, 0.3) is 0 Å². The summed E-state index contributed by atoms with van der Waals surface area (Å²) in [4.78, 5) is 3.63. The molecule has 0 atom stereocenters. The molecule has 0 amide bonds. The number of aryl methyl sites for hydroxylation is 2. The Balaban J connectivity index is 2.94. The Morgan fingerprint density at radius 3 is 1.92 bits per heavy atom. The monoisotopic (exact) mass is 385 g/mol. The maximum atomic E-state index is 14.6. The highest BCUT2D eigenvalue weighted by Crippen LogP contribution is 2.55. The van der Waals surface area contributed by atoms with Gasteiger partial charge in [0.1, 0.15) is 5.15 Å². The van der Waals surface area contributed by atoms with Crippen LogP contribution in [0.15, 0.2) is 30.5 Å². The first kappa shape index (κ1) is 19.5. The topological polar surface area (TPSA) is 12.9 Å². The molecule has 0 saturated carbocycles. The Hall–Kier alpha value is -1.83. The molecule has 2 rings (SSSR count). The van der Waals surface area contributed by atoms with Crippen molar-refractivity contribution in [2.75, 3.05) is 0 Å². The summed E-state index contributed by atoms with van der Waals surface area (Å²) in [5.41, 5.74) is -7.55. The Morgan fingerprint density at radius 1 is 0.880 bits per heavy atom. The van der Waals surface area contributed by atoms with Crippen molar-refractivity contribution in [1.29, 1.82) is 0 Å². The number of rotatable bonds is 2. The van der Waals surface area contributed by atoms with E-state index in [1.807, 2.05) is 0 Å². The molecule has 0 spiro atoms. The lowest BCUT2D eigenvalue weighted by Gasteiger charge is -2.32. The molecule has 1 heterocycles. The fraction of sp³-hybridized carbons (Fsp3) is 0.312. The van der Waals surface area contributed by atoms with Crippen molar-refractivity contribution >= 4 is 11.6 Å². The van der Waals surface area contributed by atoms with Crippen molar-refractivity contribution in [2.24, 2.45) is 0 Å². The van der Waals surface area contributed by atoms with Crippen LogP contribution < -0.4 is 0 Å². The number of halogens is 8. The number of aromatic nitrogens is 1. The quantitative estimate of drug-likeness (QED) is 0.436. The third-order valence-electron chi connectivity index (χ3n) is 3.65. The molecule has 0 fully saturated rings. The second kappa shape index (κ2) is 6.16. The van der Waals surface area contributed by atoms with E-state index >= 15 is 0 Å². The maximum Gasteiger partial charge on any atom is 0.435 e. The highest BCUT2D eigenvalue weighted by Gasteiger charge is 2.74. The summed E-state index contributed by atoms with van der Waals surface area (Å²) >= 11 is 5.68. The first-order valence-corrected chi connectivity index (χ1v) is 7.23. The van der Waals surface area contributed by atoms with Crippen LogP contribution >= 0.6 is 11.6 Å². The van der Waals surface area contributed by atoms with Crippen LogP contribution in [0.2, 0.25) is 5.15 Å². The molecule has 0 radical (unpaired) electrons. The number of hydrogen-bond donors (Lipinski definition) is 0. The summed E-state index contributed by atoms with van der Waals surface area (Å²) in [5.74, 6) is 0. The van der Waals surface area contributed by atoms with E-state index in [9.17, 15) is 30.7 Å². The summed E-state index contributed by atoms with van der Waals surface area (Å²) in [6, 6.07) is 4.16. The van der Waals surface area contributed by atoms with E-state index in [-0.39, 0.29) is 21.8 Å². The molecule has 0 N–H and O–H groups in total. The largest absolute Gasteiger partial charge is 0.435 e. The predicted octanol–water partition coefficient (Wildman–Crippen LogP) is 6.31. The zero-order chi connectivity index (χ0) is 19.2. The van der Waals surface area contributed by atoms with Gasteiger partial charge in [0.05, 0.1) is 0 Å². The van der Waals surface area contributed by atoms with Crippen LogP contribution in [0.4, 0.5) is 30.7 Å². The van der Waals surface area contributed by atoms with Crippen molar-refractivity contribution in [3.63, 3.8) is 0 Å². The van der Waals surface area contributed by atoms with E-state index < -0.39 is 29.1 Å². The highest BCUT2D eigenvalue weighted by atomic mass is 35.5. The predicted molar refractivity (Wildman–Crippen MR) is 79.1 cm³/mol. The smallest absolute Gasteiger partial charge is 0.245 e. The lowest BCUT2D eigenvalue weighted by molar-refractivity contribution is -0.348. The summed E-state index contributed by atoms with van der Waals surface area (Å²) in [6.45, 7) is 2.58. The van der Waals surface area contributed by atoms with Gasteiger partial charge < -0.3 is 0 Å². The van der Waals surface area contributed by atoms with E-state index in [2.05, 4.69) is 4.98 Å². The number of hydrogen-bond acceptors (Lipinski definition) is 1. The Morgan fingerprint density at radius 2 is 1.44 bits per heavy atom. The lowest BCUT2D eigenvalue weighted by atomic mass is 9.83. The van der Waals surface area contributed by atoms with E-state index in [0.29, 0.717) is 6.07 Å². The molecule has 2 aromatic rings. The number of pyridine rings is 1. The normalized spacial score (nSPS) is 13.2. The Bertz CT molecular complexity index is 782. The molecule has 0 saturated heterocycles. The molecule has 0 aliphatic heterocycles. The zero-order valence-corrected chi connectivity index (χ0v) is 13.6. The van der Waals surface area contributed by atoms with Crippen LogP contribution in [0.1, 0.15) is 16.7 Å². The third-order valence-corrected chi connectivity index (χ3v) is 3.85. The van der Waals surface area contributed by atoms with Gasteiger partial charge in [-0.2, -0.15) is 26.3 Å². The molecule has 0 bridgehead atoms. The molecule has 0 aliphatic rings. The minimum Gasteiger partial charge on any atom is -0.245 e. The van der Waals surface area contributed by atoms with Crippen LogP contribution in [0.25, 0.3) is 11.1 Å². The van der Waals surface area contributed by atoms with Crippen LogP contribution in [0.5, 0.6) is 0 Å². The minimum atomic E-state index is -6.20. The molecule has 1 aromatic heterocycles. The van der Waals surface area contributed by atoms with E-state index in [1.165, 1.54) is 26.0 Å². The standard InChI is InChI=1S/C16H11ClF7N/c1-8-5-9(2)13(10-3-4-25-12(17)7-10)11(6-8)14(18,15(19,20)21)16(22,23)24/h3-7H,1-2H3. The SMILES string of the molecule is Cc1cc(C)c(-c2ccnc(Cl)c2)c(C(F)(C(F)(F)F)C(F)(F)F)c1. The van der Waals surface area contributed by atoms with Gasteiger partial charge in [-0.3, -0.25) is 0 Å². The van der Waals surface area contributed by atoms with E-state index in [0.717, 1.165) is 12.3 Å². The zero-order valence-electron chi connectivity index (χ0n) is 12.9. The molecule has 0 aliphatic carbocycles. The average Bonchev–Trinajstić information content (AvgIpc) is 2.43. The van der Waals surface area contributed by atoms with Gasteiger partial charge in [-0.05, 0) is 42.7 Å². The summed E-state index contributed by atoms with van der Waals surface area (Å²) < 4.78 is 93.8. The fourth-order valence-electron chi connectivity index (χ4n) is 2.65. The fourth-order valence-corrected chi connectivity index (χ4v) is 2.82. The highest BCUT2D eigenvalue weighted by molar-refractivity contribution is 6.29. The van der Waals surface area contributed by atoms with Gasteiger partial charge in [-0.25, -0.2) is 9.37 Å². The van der Waals surface area contributed by atoms with Crippen molar-refractivity contribution in [3.8, 4) is 11.1 Å². The average molecular weight is 386 g/mol. The molecule has 0 unspecified atom stereocenters. The van der Waals surface area contributed by atoms with Crippen molar-refractivity contribution in [3.05, 3.63) is 52.3 Å². The molecule has 9 heteroatoms. The van der Waals surface area contributed by atoms with Crippen LogP contribution in [0.3, 0.4) is 0 Å². The van der Waals surface area contributed by atoms with Gasteiger partial charge in [-0.1, -0.05) is 29.3 Å². The number of alkyl halides is 7. The van der Waals surface area contributed by atoms with Crippen LogP contribution in [-0.4, -0.2) is 17.3 Å². The minimum absolute atomic E-state index is 0.0489. The summed E-state index contributed by atoms with van der Waals surface area (Å²) in [7, 11) is 0. The van der Waals surface area contributed by atoms with Gasteiger partial charge in [0, 0.05) is 11.8 Å². The Labute approximate surface area is 143 Å². The second-order valence-electron chi connectivity index (χ2n) is 5.53. The number of nitrogens with zero attached hydrogens (tertiary/aromatic N) is 1. The van der Waals surface area contributed by atoms with Crippen LogP contribution in [0, 0.1) is 13.8 Å². The maximum absolute atomic E-state index is 14.6. The van der Waals surface area contributed by atoms with Crippen molar-refractivity contribution in [1.82, 2.24) is 4.98 Å². The molecular weight excluding hydrogens is 375 g/mol. The van der Waals surface area contributed by atoms with Gasteiger partial charge in [0.15, 0.2) is 0 Å². The third kappa shape index (κ3) is 3.31. The van der Waals surface area contributed by atoms with E-state index in [1.54, 1.807) is 0 Å². The van der Waals surface area contributed by atoms with Crippen molar-refractivity contribution < 1.29 is 30.7 Å². The second-order valence-corrected chi connectivity index (χ2v) is 5.91. The lowest BCUT2D eigenvalue weighted by Crippen LogP contribution is -2.50. The molecule has 1 aromatic carbocycles. The Kier molecular flexibility index (Phi) is 4.80. The first-order valence-electron chi connectivity index (χ1n) is 6.85. The first-order chi connectivity index (χ1) is 11.3. The van der Waals surface area contributed by atoms with Crippen LogP contribution in [-0.2, 0) is 5.67 Å². The molecule has 25 heavy (non-hydrogen) atoms.